The molecule has 1 aromatic carbocycles. The van der Waals surface area contributed by atoms with Crippen molar-refractivity contribution >= 4 is 5.91 Å². The molecule has 4 nitrogen and oxygen atoms in total. The number of carbonyl (C=O) groups excluding carboxylic acids is 1. The molecule has 4 heteroatoms. The molecular formula is C19H28N2O2. The summed E-state index contributed by atoms with van der Waals surface area (Å²) < 4.78 is 5.23. The van der Waals surface area contributed by atoms with Gasteiger partial charge in [0.15, 0.2) is 0 Å². The summed E-state index contributed by atoms with van der Waals surface area (Å²) in [7, 11) is 1.66. The van der Waals surface area contributed by atoms with E-state index in [0.717, 1.165) is 43.2 Å². The highest BCUT2D eigenvalue weighted by Gasteiger charge is 2.32. The highest BCUT2D eigenvalue weighted by atomic mass is 16.5. The number of benzene rings is 1. The summed E-state index contributed by atoms with van der Waals surface area (Å²) in [5.74, 6) is 1.82. The average Bonchev–Trinajstić information content (AvgIpc) is 3.25. The fourth-order valence-corrected chi connectivity index (χ4v) is 3.96. The van der Waals surface area contributed by atoms with Gasteiger partial charge in [0, 0.05) is 13.1 Å². The maximum absolute atomic E-state index is 12.6. The van der Waals surface area contributed by atoms with Crippen LogP contribution in [0.15, 0.2) is 24.3 Å². The van der Waals surface area contributed by atoms with Crippen LogP contribution in [0.25, 0.3) is 0 Å². The van der Waals surface area contributed by atoms with Crippen LogP contribution in [0.2, 0.25) is 0 Å². The van der Waals surface area contributed by atoms with Crippen molar-refractivity contribution in [2.75, 3.05) is 20.2 Å². The molecule has 1 aromatic rings. The molecule has 0 unspecified atom stereocenters. The number of amides is 1. The molecule has 1 aliphatic heterocycles. The minimum Gasteiger partial charge on any atom is -0.497 e. The molecule has 1 saturated heterocycles. The van der Waals surface area contributed by atoms with E-state index >= 15 is 0 Å². The third-order valence-corrected chi connectivity index (χ3v) is 5.23. The van der Waals surface area contributed by atoms with E-state index < -0.39 is 0 Å². The van der Waals surface area contributed by atoms with Crippen LogP contribution in [0.3, 0.4) is 0 Å². The highest BCUT2D eigenvalue weighted by Crippen LogP contribution is 2.28. The van der Waals surface area contributed by atoms with Gasteiger partial charge in [-0.15, -0.1) is 0 Å². The molecule has 1 heterocycles. The maximum atomic E-state index is 12.6. The minimum absolute atomic E-state index is 0.0706. The standard InChI is InChI=1S/C19H28N2O2/c1-23-17-9-4-8-16(12-17)13-20-19(22)18-10-5-11-21(18)14-15-6-2-3-7-15/h4,8-9,12,15,18H,2-3,5-7,10-11,13-14H2,1H3,(H,20,22)/t18-/m1/s1. The van der Waals surface area contributed by atoms with Crippen molar-refractivity contribution in [2.45, 2.75) is 51.1 Å². The molecule has 2 fully saturated rings. The number of methoxy groups -OCH3 is 1. The lowest BCUT2D eigenvalue weighted by Crippen LogP contribution is -2.44. The normalized spacial score (nSPS) is 22.4. The van der Waals surface area contributed by atoms with Crippen LogP contribution in [0.1, 0.15) is 44.1 Å². The van der Waals surface area contributed by atoms with Crippen molar-refractivity contribution in [3.63, 3.8) is 0 Å². The zero-order chi connectivity index (χ0) is 16.1. The molecular weight excluding hydrogens is 288 g/mol. The molecule has 0 radical (unpaired) electrons. The Hall–Kier alpha value is -1.55. The highest BCUT2D eigenvalue weighted by molar-refractivity contribution is 5.82. The third kappa shape index (κ3) is 4.25. The number of nitrogens with zero attached hydrogens (tertiary/aromatic N) is 1. The van der Waals surface area contributed by atoms with Crippen molar-refractivity contribution in [3.8, 4) is 5.75 Å². The van der Waals surface area contributed by atoms with Gasteiger partial charge in [0.2, 0.25) is 5.91 Å². The first-order chi connectivity index (χ1) is 11.3. The van der Waals surface area contributed by atoms with E-state index in [4.69, 9.17) is 4.74 Å². The maximum Gasteiger partial charge on any atom is 0.237 e. The lowest BCUT2D eigenvalue weighted by molar-refractivity contribution is -0.125. The minimum atomic E-state index is 0.0706. The molecule has 126 valence electrons. The van der Waals surface area contributed by atoms with E-state index in [1.807, 2.05) is 24.3 Å². The number of carbonyl (C=O) groups is 1. The summed E-state index contributed by atoms with van der Waals surface area (Å²) in [6.45, 7) is 2.76. The molecule has 0 bridgehead atoms. The smallest absolute Gasteiger partial charge is 0.237 e. The van der Waals surface area contributed by atoms with Crippen LogP contribution in [0, 0.1) is 5.92 Å². The SMILES string of the molecule is COc1cccc(CNC(=O)[C@H]2CCCN2CC2CCCC2)c1. The van der Waals surface area contributed by atoms with Crippen LogP contribution >= 0.6 is 0 Å². The Morgan fingerprint density at radius 1 is 1.26 bits per heavy atom. The Balaban J connectivity index is 1.52. The van der Waals surface area contributed by atoms with Crippen molar-refractivity contribution in [2.24, 2.45) is 5.92 Å². The summed E-state index contributed by atoms with van der Waals surface area (Å²) in [4.78, 5) is 15.0. The summed E-state index contributed by atoms with van der Waals surface area (Å²) >= 11 is 0. The second kappa shape index (κ2) is 7.82. The van der Waals surface area contributed by atoms with Crippen LogP contribution in [0.5, 0.6) is 5.75 Å². The summed E-state index contributed by atoms with van der Waals surface area (Å²) in [5, 5.41) is 3.11. The Labute approximate surface area is 139 Å². The van der Waals surface area contributed by atoms with Crippen LogP contribution in [0.4, 0.5) is 0 Å². The first-order valence-electron chi connectivity index (χ1n) is 8.91. The van der Waals surface area contributed by atoms with Gasteiger partial charge < -0.3 is 10.1 Å². The van der Waals surface area contributed by atoms with E-state index in [9.17, 15) is 4.79 Å². The topological polar surface area (TPSA) is 41.6 Å². The third-order valence-electron chi connectivity index (χ3n) is 5.23. The van der Waals surface area contributed by atoms with E-state index in [-0.39, 0.29) is 11.9 Å². The molecule has 1 aliphatic carbocycles. The number of ether oxygens (including phenoxy) is 1. The Morgan fingerprint density at radius 2 is 2.09 bits per heavy atom. The van der Waals surface area contributed by atoms with Gasteiger partial charge in [-0.05, 0) is 55.8 Å². The molecule has 1 saturated carbocycles. The van der Waals surface area contributed by atoms with Gasteiger partial charge in [0.1, 0.15) is 5.75 Å². The number of rotatable bonds is 6. The lowest BCUT2D eigenvalue weighted by Gasteiger charge is -2.26. The lowest BCUT2D eigenvalue weighted by atomic mass is 10.1. The Kier molecular flexibility index (Phi) is 5.55. The second-order valence-electron chi connectivity index (χ2n) is 6.87. The van der Waals surface area contributed by atoms with Crippen LogP contribution < -0.4 is 10.1 Å². The Bertz CT molecular complexity index is 526. The largest absolute Gasteiger partial charge is 0.497 e. The molecule has 23 heavy (non-hydrogen) atoms. The van der Waals surface area contributed by atoms with Crippen molar-refractivity contribution in [1.29, 1.82) is 0 Å². The second-order valence-corrected chi connectivity index (χ2v) is 6.87. The van der Waals surface area contributed by atoms with Crippen molar-refractivity contribution in [1.82, 2.24) is 10.2 Å². The van der Waals surface area contributed by atoms with E-state index in [0.29, 0.717) is 6.54 Å². The Morgan fingerprint density at radius 3 is 2.87 bits per heavy atom. The molecule has 1 amide bonds. The fraction of sp³-hybridized carbons (Fsp3) is 0.632. The predicted octanol–water partition coefficient (Wildman–Crippen LogP) is 2.97. The fourth-order valence-electron chi connectivity index (χ4n) is 3.96. The molecule has 1 N–H and O–H groups in total. The van der Waals surface area contributed by atoms with Gasteiger partial charge in [-0.25, -0.2) is 0 Å². The van der Waals surface area contributed by atoms with Crippen molar-refractivity contribution < 1.29 is 9.53 Å². The molecule has 0 spiro atoms. The van der Waals surface area contributed by atoms with Gasteiger partial charge in [0.05, 0.1) is 13.2 Å². The zero-order valence-corrected chi connectivity index (χ0v) is 14.1. The van der Waals surface area contributed by atoms with Gasteiger partial charge in [-0.3, -0.25) is 9.69 Å². The number of likely N-dealkylation sites (tertiary alicyclic amines) is 1. The number of hydrogen-bond acceptors (Lipinski definition) is 3. The molecule has 0 aromatic heterocycles. The van der Waals surface area contributed by atoms with Crippen LogP contribution in [-0.4, -0.2) is 37.0 Å². The quantitative estimate of drug-likeness (QED) is 0.877. The van der Waals surface area contributed by atoms with Crippen molar-refractivity contribution in [3.05, 3.63) is 29.8 Å². The monoisotopic (exact) mass is 316 g/mol. The van der Waals surface area contributed by atoms with E-state index in [2.05, 4.69) is 10.2 Å². The first kappa shape index (κ1) is 16.3. The van der Waals surface area contributed by atoms with Gasteiger partial charge in [-0.1, -0.05) is 25.0 Å². The molecule has 2 aliphatic rings. The summed E-state index contributed by atoms with van der Waals surface area (Å²) in [6.07, 6.45) is 7.56. The van der Waals surface area contributed by atoms with Gasteiger partial charge >= 0.3 is 0 Å². The van der Waals surface area contributed by atoms with E-state index in [1.54, 1.807) is 7.11 Å². The first-order valence-corrected chi connectivity index (χ1v) is 8.91. The van der Waals surface area contributed by atoms with Crippen LogP contribution in [-0.2, 0) is 11.3 Å². The summed E-state index contributed by atoms with van der Waals surface area (Å²) in [6, 6.07) is 7.95. The number of nitrogens with one attached hydrogen (secondary N) is 1. The molecule has 1 atom stereocenters. The average molecular weight is 316 g/mol. The molecule has 3 rings (SSSR count). The van der Waals surface area contributed by atoms with Gasteiger partial charge in [-0.2, -0.15) is 0 Å². The van der Waals surface area contributed by atoms with E-state index in [1.165, 1.54) is 25.7 Å². The predicted molar refractivity (Wildman–Crippen MR) is 91.4 cm³/mol. The van der Waals surface area contributed by atoms with Gasteiger partial charge in [0.25, 0.3) is 0 Å². The number of hydrogen-bond donors (Lipinski definition) is 1. The summed E-state index contributed by atoms with van der Waals surface area (Å²) in [5.41, 5.74) is 1.08. The zero-order valence-electron chi connectivity index (χ0n) is 14.1.